The van der Waals surface area contributed by atoms with E-state index in [0.29, 0.717) is 15.6 Å². The zero-order valence-electron chi connectivity index (χ0n) is 42.7. The summed E-state index contributed by atoms with van der Waals surface area (Å²) in [6.07, 6.45) is 1.70. The Morgan fingerprint density at radius 1 is 0.608 bits per heavy atom. The zero-order chi connectivity index (χ0) is 53.0. The van der Waals surface area contributed by atoms with Crippen LogP contribution < -0.4 is 0 Å². The molecular weight excluding hydrogens is 1020 g/mol. The van der Waals surface area contributed by atoms with Crippen molar-refractivity contribution in [3.63, 3.8) is 0 Å². The first-order valence-corrected chi connectivity index (χ1v) is 26.3. The highest BCUT2D eigenvalue weighted by molar-refractivity contribution is 7.22. The van der Waals surface area contributed by atoms with E-state index < -0.39 is 35.3 Å². The number of benzene rings is 4. The molecule has 0 saturated carbocycles. The number of carboxylic acids is 1. The molecule has 4 aromatic carbocycles. The molecule has 0 spiro atoms. The van der Waals surface area contributed by atoms with Crippen LogP contribution in [0.4, 0.5) is 0 Å². The molecule has 74 heavy (non-hydrogen) atoms. The van der Waals surface area contributed by atoms with Crippen LogP contribution in [0.5, 0.6) is 0 Å². The Labute approximate surface area is 445 Å². The summed E-state index contributed by atoms with van der Waals surface area (Å²) in [5.41, 5.74) is 12.4. The predicted molar refractivity (Wildman–Crippen MR) is 294 cm³/mol. The second kappa shape index (κ2) is 20.6. The van der Waals surface area contributed by atoms with Crippen molar-refractivity contribution in [1.82, 2.24) is 39.6 Å². The third-order valence-corrected chi connectivity index (χ3v) is 14.8. The number of carbonyl (C=O) groups excluding carboxylic acids is 1. The van der Waals surface area contributed by atoms with Crippen LogP contribution >= 0.6 is 45.9 Å². The number of pyridine rings is 2. The number of aliphatic carboxylic acids is 1. The summed E-state index contributed by atoms with van der Waals surface area (Å²) in [5.74, 6) is -1.46. The van der Waals surface area contributed by atoms with Crippen molar-refractivity contribution in [3.8, 4) is 43.4 Å². The number of aryl methyl sites for hydroxylation is 4. The first-order valence-electron chi connectivity index (χ1n) is 23.9. The fourth-order valence-electron chi connectivity index (χ4n) is 8.82. The monoisotopic (exact) mass is 1070 g/mol. The van der Waals surface area contributed by atoms with Crippen LogP contribution in [0, 0.1) is 27.7 Å². The molecule has 0 bridgehead atoms. The fourth-order valence-corrected chi connectivity index (χ4v) is 11.3. The van der Waals surface area contributed by atoms with Gasteiger partial charge in [-0.1, -0.05) is 57.9 Å². The molecule has 0 aliphatic heterocycles. The van der Waals surface area contributed by atoms with Crippen molar-refractivity contribution in [2.24, 2.45) is 0 Å². The van der Waals surface area contributed by atoms with Gasteiger partial charge in [0.25, 0.3) is 0 Å². The molecule has 0 saturated heterocycles. The average Bonchev–Trinajstić information content (AvgIpc) is 4.15. The molecule has 14 nitrogen and oxygen atoms in total. The summed E-state index contributed by atoms with van der Waals surface area (Å²) in [4.78, 5) is 35.8. The lowest BCUT2D eigenvalue weighted by atomic mass is 9.91. The number of fused-ring (bicyclic) bond motifs is 4. The standard InChI is InChI=1S/C29H29ClN4O3S.C27H25ClN4O3S/c1-7-36-28(35)25(37-29(4,5)6)23-16(2)14-21-26(24(23)18-8-10-20(30)11-9-18)38-27(31-21)19-12-13-34-22(15-19)17(3)32-33-34;1-14-12-19-24(36-25(29-19)17-10-11-32-20(13-17)15(2)30-31-32)22(16-6-8-18(28)9-7-16)21(14)23(26(33)34)35-27(3,4)5/h8-15,25H,7H2,1-6H3;6-13,23H,1-5H3,(H,33,34)/t25-;23-/m00/s1. The molecular formula is C56H54Cl2N8O6S2. The van der Waals surface area contributed by atoms with Crippen LogP contribution in [0.2, 0.25) is 10.0 Å². The lowest BCUT2D eigenvalue weighted by Crippen LogP contribution is -2.29. The lowest BCUT2D eigenvalue weighted by Gasteiger charge is -2.29. The number of carboxylic acid groups (broad SMARTS) is 1. The topological polar surface area (TPSA) is 168 Å². The number of aromatic nitrogens is 8. The van der Waals surface area contributed by atoms with Crippen LogP contribution in [0.3, 0.4) is 0 Å². The second-order valence-electron chi connectivity index (χ2n) is 19.9. The molecule has 1 N–H and O–H groups in total. The Morgan fingerprint density at radius 3 is 1.41 bits per heavy atom. The highest BCUT2D eigenvalue weighted by Crippen LogP contribution is 2.47. The third kappa shape index (κ3) is 10.8. The molecule has 0 aliphatic carbocycles. The van der Waals surface area contributed by atoms with Gasteiger partial charge in [0.2, 0.25) is 0 Å². The number of nitrogens with zero attached hydrogens (tertiary/aromatic N) is 8. The van der Waals surface area contributed by atoms with E-state index in [4.69, 9.17) is 47.4 Å². The van der Waals surface area contributed by atoms with Crippen molar-refractivity contribution >= 4 is 89.3 Å². The summed E-state index contributed by atoms with van der Waals surface area (Å²) in [7, 11) is 0. The van der Waals surface area contributed by atoms with E-state index in [-0.39, 0.29) is 6.61 Å². The van der Waals surface area contributed by atoms with Gasteiger partial charge in [0.15, 0.2) is 12.2 Å². The maximum absolute atomic E-state index is 13.3. The van der Waals surface area contributed by atoms with Crippen LogP contribution in [0.25, 0.3) is 74.9 Å². The van der Waals surface area contributed by atoms with Crippen molar-refractivity contribution in [2.75, 3.05) is 6.61 Å². The summed E-state index contributed by atoms with van der Waals surface area (Å²) in [6, 6.07) is 27.0. The van der Waals surface area contributed by atoms with Crippen LogP contribution in [0.15, 0.2) is 97.3 Å². The molecule has 6 aromatic heterocycles. The lowest BCUT2D eigenvalue weighted by molar-refractivity contribution is -0.166. The Balaban J connectivity index is 0.000000182. The molecule has 0 amide bonds. The Hall–Kier alpha value is -6.66. The van der Waals surface area contributed by atoms with Gasteiger partial charge in [0.1, 0.15) is 10.0 Å². The Morgan fingerprint density at radius 2 is 1.01 bits per heavy atom. The number of carbonyl (C=O) groups is 2. The molecule has 0 aliphatic rings. The number of hydrogen-bond donors (Lipinski definition) is 1. The van der Waals surface area contributed by atoms with E-state index in [1.165, 1.54) is 11.3 Å². The van der Waals surface area contributed by atoms with Crippen molar-refractivity contribution in [2.45, 2.75) is 99.6 Å². The highest BCUT2D eigenvalue weighted by Gasteiger charge is 2.35. The van der Waals surface area contributed by atoms with Crippen molar-refractivity contribution in [1.29, 1.82) is 0 Å². The number of rotatable bonds is 11. The van der Waals surface area contributed by atoms with Crippen LogP contribution in [-0.4, -0.2) is 74.5 Å². The van der Waals surface area contributed by atoms with Crippen LogP contribution in [-0.2, 0) is 23.8 Å². The molecule has 6 heterocycles. The van der Waals surface area contributed by atoms with Gasteiger partial charge in [-0.2, -0.15) is 0 Å². The SMILES string of the molecule is CCOC(=O)[C@@H](OC(C)(C)C)c1c(C)cc2nc(-c3ccn4nnc(C)c4c3)sc2c1-c1ccc(Cl)cc1.Cc1cc2nc(-c3ccn4nnc(C)c4c3)sc2c(-c2ccc(Cl)cc2)c1[C@H](OC(C)(C)C)C(=O)O. The highest BCUT2D eigenvalue weighted by atomic mass is 35.5. The summed E-state index contributed by atoms with van der Waals surface area (Å²) >= 11 is 15.5. The third-order valence-electron chi connectivity index (χ3n) is 12.0. The Kier molecular flexibility index (Phi) is 14.5. The number of ether oxygens (including phenoxy) is 3. The molecule has 380 valence electrons. The number of esters is 1. The van der Waals surface area contributed by atoms with E-state index in [0.717, 1.165) is 103 Å². The molecule has 10 rings (SSSR count). The smallest absolute Gasteiger partial charge is 0.339 e. The largest absolute Gasteiger partial charge is 0.479 e. The van der Waals surface area contributed by atoms with E-state index in [1.54, 1.807) is 39.4 Å². The molecule has 0 unspecified atom stereocenters. The van der Waals surface area contributed by atoms with Crippen molar-refractivity contribution < 1.29 is 28.9 Å². The van der Waals surface area contributed by atoms with E-state index in [1.807, 2.05) is 154 Å². The zero-order valence-corrected chi connectivity index (χ0v) is 45.9. The molecule has 18 heteroatoms. The maximum Gasteiger partial charge on any atom is 0.339 e. The minimum Gasteiger partial charge on any atom is -0.479 e. The number of thiazole rings is 2. The van der Waals surface area contributed by atoms with Crippen LogP contribution in [0.1, 0.15) is 94.3 Å². The minimum atomic E-state index is -1.15. The minimum absolute atomic E-state index is 0.260. The van der Waals surface area contributed by atoms with Gasteiger partial charge in [-0.15, -0.1) is 32.9 Å². The van der Waals surface area contributed by atoms with E-state index in [9.17, 15) is 14.7 Å². The predicted octanol–water partition coefficient (Wildman–Crippen LogP) is 14.2. The average molecular weight is 1070 g/mol. The molecule has 10 aromatic rings. The van der Waals surface area contributed by atoms with Gasteiger partial charge in [0.05, 0.1) is 60.7 Å². The van der Waals surface area contributed by atoms with Gasteiger partial charge < -0.3 is 19.3 Å². The molecule has 0 fully saturated rings. The first kappa shape index (κ1) is 52.2. The quantitative estimate of drug-likeness (QED) is 0.122. The molecule has 0 radical (unpaired) electrons. The van der Waals surface area contributed by atoms with E-state index in [2.05, 4.69) is 20.6 Å². The fraction of sp³-hybridized carbons (Fsp3) is 0.286. The number of halogens is 2. The van der Waals surface area contributed by atoms with Gasteiger partial charge in [-0.3, -0.25) is 0 Å². The first-order chi connectivity index (χ1) is 35.1. The van der Waals surface area contributed by atoms with Gasteiger partial charge in [-0.05, 0) is 159 Å². The van der Waals surface area contributed by atoms with Gasteiger partial charge in [0, 0.05) is 55.8 Å². The van der Waals surface area contributed by atoms with Crippen molar-refractivity contribution in [3.05, 3.63) is 141 Å². The normalized spacial score (nSPS) is 12.9. The number of hydrogen-bond acceptors (Lipinski definition) is 13. The summed E-state index contributed by atoms with van der Waals surface area (Å²) < 4.78 is 23.3. The Bertz CT molecular complexity index is 3760. The summed E-state index contributed by atoms with van der Waals surface area (Å²) in [5, 5.41) is 29.7. The second-order valence-corrected chi connectivity index (χ2v) is 22.7. The summed E-state index contributed by atoms with van der Waals surface area (Å²) in [6.45, 7) is 21.2. The van der Waals surface area contributed by atoms with E-state index >= 15 is 0 Å². The maximum atomic E-state index is 13.3. The van der Waals surface area contributed by atoms with Gasteiger partial charge in [-0.25, -0.2) is 28.6 Å². The van der Waals surface area contributed by atoms with Gasteiger partial charge >= 0.3 is 11.9 Å². The molecule has 2 atom stereocenters.